The molecule has 1 aromatic rings. The number of aryl methyl sites for hydroxylation is 1. The molecule has 1 unspecified atom stereocenters. The zero-order valence-corrected chi connectivity index (χ0v) is 13.0. The summed E-state index contributed by atoms with van der Waals surface area (Å²) in [4.78, 5) is 27.7. The standard InChI is InChI=1S/C14H18N2O4.ClH/c1-13(2,3)20-12(19)16-14(11(17)18)7-6-9-5-4-8-15-10(9)14;/h4-5,8H,6-7H2,1-3H3,(H,16,19)(H,17,18);1H. The molecular formula is C14H19ClN2O4. The van der Waals surface area contributed by atoms with Crippen LogP contribution in [0, 0.1) is 0 Å². The lowest BCUT2D eigenvalue weighted by atomic mass is 9.96. The molecule has 1 aliphatic carbocycles. The number of aromatic nitrogens is 1. The van der Waals surface area contributed by atoms with E-state index in [1.54, 1.807) is 26.8 Å². The number of nitrogens with zero attached hydrogens (tertiary/aromatic N) is 1. The van der Waals surface area contributed by atoms with Crippen LogP contribution < -0.4 is 5.32 Å². The molecule has 6 nitrogen and oxygen atoms in total. The fourth-order valence-corrected chi connectivity index (χ4v) is 2.33. The second-order valence-electron chi connectivity index (χ2n) is 5.85. The minimum atomic E-state index is -1.50. The van der Waals surface area contributed by atoms with Crippen LogP contribution >= 0.6 is 12.4 Å². The highest BCUT2D eigenvalue weighted by Crippen LogP contribution is 2.35. The van der Waals surface area contributed by atoms with Gasteiger partial charge in [-0.25, -0.2) is 9.59 Å². The number of carbonyl (C=O) groups excluding carboxylic acids is 1. The van der Waals surface area contributed by atoms with Crippen molar-refractivity contribution >= 4 is 24.5 Å². The maximum atomic E-state index is 11.9. The van der Waals surface area contributed by atoms with E-state index in [2.05, 4.69) is 10.3 Å². The number of halogens is 1. The van der Waals surface area contributed by atoms with E-state index in [0.717, 1.165) is 5.56 Å². The number of fused-ring (bicyclic) bond motifs is 1. The number of hydrogen-bond acceptors (Lipinski definition) is 4. The van der Waals surface area contributed by atoms with E-state index in [9.17, 15) is 14.7 Å². The van der Waals surface area contributed by atoms with E-state index < -0.39 is 23.2 Å². The summed E-state index contributed by atoms with van der Waals surface area (Å²) in [5.41, 5.74) is -0.960. The SMILES string of the molecule is CC(C)(C)OC(=O)NC1(C(=O)O)CCc2cccnc21.Cl. The highest BCUT2D eigenvalue weighted by molar-refractivity contribution is 5.86. The second-order valence-corrected chi connectivity index (χ2v) is 5.85. The molecular weight excluding hydrogens is 296 g/mol. The number of alkyl carbamates (subject to hydrolysis) is 1. The molecule has 0 aromatic carbocycles. The van der Waals surface area contributed by atoms with E-state index in [1.165, 1.54) is 6.20 Å². The van der Waals surface area contributed by atoms with Gasteiger partial charge in [-0.2, -0.15) is 0 Å². The smallest absolute Gasteiger partial charge is 0.408 e. The molecule has 0 bridgehead atoms. The Morgan fingerprint density at radius 2 is 2.10 bits per heavy atom. The van der Waals surface area contributed by atoms with Crippen LogP contribution in [0.1, 0.15) is 38.4 Å². The summed E-state index contributed by atoms with van der Waals surface area (Å²) in [5.74, 6) is -1.12. The molecule has 1 amide bonds. The summed E-state index contributed by atoms with van der Waals surface area (Å²) >= 11 is 0. The summed E-state index contributed by atoms with van der Waals surface area (Å²) in [6, 6.07) is 3.58. The monoisotopic (exact) mass is 314 g/mol. The van der Waals surface area contributed by atoms with Gasteiger partial charge in [0.25, 0.3) is 0 Å². The van der Waals surface area contributed by atoms with Gasteiger partial charge in [-0.3, -0.25) is 10.3 Å². The van der Waals surface area contributed by atoms with E-state index in [4.69, 9.17) is 4.74 Å². The number of carbonyl (C=O) groups is 2. The summed E-state index contributed by atoms with van der Waals surface area (Å²) in [7, 11) is 0. The zero-order valence-electron chi connectivity index (χ0n) is 12.2. The van der Waals surface area contributed by atoms with Crippen LogP contribution in [0.15, 0.2) is 18.3 Å². The fraction of sp³-hybridized carbons (Fsp3) is 0.500. The topological polar surface area (TPSA) is 88.5 Å². The Labute approximate surface area is 129 Å². The molecule has 21 heavy (non-hydrogen) atoms. The van der Waals surface area contributed by atoms with Crippen molar-refractivity contribution in [2.45, 2.75) is 44.8 Å². The zero-order chi connectivity index (χ0) is 15.0. The number of amides is 1. The van der Waals surface area contributed by atoms with Crippen molar-refractivity contribution in [2.24, 2.45) is 0 Å². The van der Waals surface area contributed by atoms with Crippen LogP contribution in [0.5, 0.6) is 0 Å². The van der Waals surface area contributed by atoms with Crippen LogP contribution in [-0.2, 0) is 21.5 Å². The summed E-state index contributed by atoms with van der Waals surface area (Å²) in [6.07, 6.45) is 1.61. The lowest BCUT2D eigenvalue weighted by Gasteiger charge is -2.28. The Morgan fingerprint density at radius 1 is 1.43 bits per heavy atom. The van der Waals surface area contributed by atoms with Crippen LogP contribution in [0.25, 0.3) is 0 Å². The van der Waals surface area contributed by atoms with Gasteiger partial charge in [0.05, 0.1) is 5.69 Å². The molecule has 1 atom stereocenters. The number of hydrogen-bond donors (Lipinski definition) is 2. The summed E-state index contributed by atoms with van der Waals surface area (Å²) in [5, 5.41) is 12.0. The van der Waals surface area contributed by atoms with Gasteiger partial charge < -0.3 is 9.84 Å². The highest BCUT2D eigenvalue weighted by Gasteiger charge is 2.49. The predicted molar refractivity (Wildman–Crippen MR) is 78.5 cm³/mol. The Kier molecular flexibility index (Phi) is 4.83. The lowest BCUT2D eigenvalue weighted by Crippen LogP contribution is -2.52. The molecule has 0 saturated carbocycles. The Bertz CT molecular complexity index is 556. The van der Waals surface area contributed by atoms with Crippen molar-refractivity contribution in [3.05, 3.63) is 29.6 Å². The van der Waals surface area contributed by atoms with Crippen molar-refractivity contribution in [3.63, 3.8) is 0 Å². The number of rotatable bonds is 2. The molecule has 7 heteroatoms. The minimum Gasteiger partial charge on any atom is -0.479 e. The molecule has 0 spiro atoms. The van der Waals surface area contributed by atoms with Crippen molar-refractivity contribution in [3.8, 4) is 0 Å². The number of aliphatic carboxylic acids is 1. The second kappa shape index (κ2) is 5.89. The van der Waals surface area contributed by atoms with Gasteiger partial charge in [-0.05, 0) is 45.2 Å². The van der Waals surface area contributed by atoms with Crippen molar-refractivity contribution in [2.75, 3.05) is 0 Å². The maximum Gasteiger partial charge on any atom is 0.408 e. The number of pyridine rings is 1. The first-order valence-electron chi connectivity index (χ1n) is 6.43. The van der Waals surface area contributed by atoms with Crippen molar-refractivity contribution in [1.82, 2.24) is 10.3 Å². The number of nitrogens with one attached hydrogen (secondary N) is 1. The summed E-state index contributed by atoms with van der Waals surface area (Å²) < 4.78 is 5.15. The Balaban J connectivity index is 0.00000220. The molecule has 1 aromatic heterocycles. The van der Waals surface area contributed by atoms with Gasteiger partial charge in [-0.1, -0.05) is 6.07 Å². The number of carboxylic acids is 1. The fourth-order valence-electron chi connectivity index (χ4n) is 2.33. The predicted octanol–water partition coefficient (Wildman–Crippen LogP) is 2.25. The molecule has 0 fully saturated rings. The van der Waals surface area contributed by atoms with Crippen LogP contribution in [0.2, 0.25) is 0 Å². The molecule has 2 rings (SSSR count). The highest BCUT2D eigenvalue weighted by atomic mass is 35.5. The third-order valence-electron chi connectivity index (χ3n) is 3.14. The quantitative estimate of drug-likeness (QED) is 0.874. The molecule has 2 N–H and O–H groups in total. The van der Waals surface area contributed by atoms with Gasteiger partial charge in [0.15, 0.2) is 5.54 Å². The third-order valence-corrected chi connectivity index (χ3v) is 3.14. The third kappa shape index (κ3) is 3.44. The maximum absolute atomic E-state index is 11.9. The van der Waals surface area contributed by atoms with Gasteiger partial charge in [-0.15, -0.1) is 12.4 Å². The van der Waals surface area contributed by atoms with Crippen molar-refractivity contribution < 1.29 is 19.4 Å². The molecule has 1 aliphatic rings. The first-order valence-corrected chi connectivity index (χ1v) is 6.43. The van der Waals surface area contributed by atoms with Gasteiger partial charge in [0.2, 0.25) is 0 Å². The Hall–Kier alpha value is -1.82. The summed E-state index contributed by atoms with van der Waals surface area (Å²) in [6.45, 7) is 5.17. The van der Waals surface area contributed by atoms with Gasteiger partial charge in [0.1, 0.15) is 5.60 Å². The largest absolute Gasteiger partial charge is 0.479 e. The average Bonchev–Trinajstić information content (AvgIpc) is 2.67. The van der Waals surface area contributed by atoms with E-state index in [-0.39, 0.29) is 18.8 Å². The number of ether oxygens (including phenoxy) is 1. The van der Waals surface area contributed by atoms with Crippen molar-refractivity contribution in [1.29, 1.82) is 0 Å². The molecule has 0 radical (unpaired) electrons. The average molecular weight is 315 g/mol. The van der Waals surface area contributed by atoms with Crippen LogP contribution in [0.4, 0.5) is 4.79 Å². The van der Waals surface area contributed by atoms with Gasteiger partial charge >= 0.3 is 12.1 Å². The molecule has 116 valence electrons. The van der Waals surface area contributed by atoms with E-state index in [1.807, 2.05) is 6.07 Å². The van der Waals surface area contributed by atoms with E-state index in [0.29, 0.717) is 12.1 Å². The molecule has 0 saturated heterocycles. The molecule has 1 heterocycles. The molecule has 0 aliphatic heterocycles. The van der Waals surface area contributed by atoms with E-state index >= 15 is 0 Å². The first-order chi connectivity index (χ1) is 9.24. The van der Waals surface area contributed by atoms with Crippen LogP contribution in [-0.4, -0.2) is 27.8 Å². The van der Waals surface area contributed by atoms with Crippen LogP contribution in [0.3, 0.4) is 0 Å². The minimum absolute atomic E-state index is 0. The Morgan fingerprint density at radius 3 is 2.67 bits per heavy atom. The lowest BCUT2D eigenvalue weighted by molar-refractivity contribution is -0.145. The van der Waals surface area contributed by atoms with Gasteiger partial charge in [0, 0.05) is 6.20 Å². The number of carboxylic acid groups (broad SMARTS) is 1. The normalized spacial score (nSPS) is 20.1. The first kappa shape index (κ1) is 17.2.